The van der Waals surface area contributed by atoms with E-state index in [-0.39, 0.29) is 11.4 Å². The van der Waals surface area contributed by atoms with Crippen LogP contribution < -0.4 is 5.32 Å². The van der Waals surface area contributed by atoms with Crippen molar-refractivity contribution in [2.75, 3.05) is 13.1 Å². The van der Waals surface area contributed by atoms with Gasteiger partial charge in [0.1, 0.15) is 11.9 Å². The lowest BCUT2D eigenvalue weighted by Crippen LogP contribution is -2.35. The Labute approximate surface area is 113 Å². The molecule has 3 nitrogen and oxygen atoms in total. The zero-order valence-electron chi connectivity index (χ0n) is 10.9. The van der Waals surface area contributed by atoms with Gasteiger partial charge in [-0.2, -0.15) is 5.26 Å². The highest BCUT2D eigenvalue weighted by molar-refractivity contribution is 5.34. The topological polar surface area (TPSA) is 39.1 Å². The SMILES string of the molecule is N#Cc1cccc(CN2CCC3CCC(C2)N3)c1F. The van der Waals surface area contributed by atoms with Crippen LogP contribution in [0.1, 0.15) is 30.4 Å². The van der Waals surface area contributed by atoms with E-state index < -0.39 is 0 Å². The average Bonchev–Trinajstić information content (AvgIpc) is 2.75. The van der Waals surface area contributed by atoms with E-state index in [9.17, 15) is 4.39 Å². The Morgan fingerprint density at radius 1 is 1.32 bits per heavy atom. The highest BCUT2D eigenvalue weighted by atomic mass is 19.1. The van der Waals surface area contributed by atoms with Crippen molar-refractivity contribution in [2.24, 2.45) is 0 Å². The number of nitrogens with one attached hydrogen (secondary N) is 1. The van der Waals surface area contributed by atoms with Gasteiger partial charge in [0, 0.05) is 37.3 Å². The molecule has 1 N–H and O–H groups in total. The van der Waals surface area contributed by atoms with Gasteiger partial charge in [-0.05, 0) is 25.3 Å². The van der Waals surface area contributed by atoms with Gasteiger partial charge >= 0.3 is 0 Å². The van der Waals surface area contributed by atoms with E-state index in [1.807, 2.05) is 6.07 Å². The van der Waals surface area contributed by atoms with E-state index in [4.69, 9.17) is 5.26 Å². The van der Waals surface area contributed by atoms with Gasteiger partial charge in [-0.1, -0.05) is 12.1 Å². The fraction of sp³-hybridized carbons (Fsp3) is 0.533. The number of fused-ring (bicyclic) bond motifs is 2. The van der Waals surface area contributed by atoms with Gasteiger partial charge in [-0.15, -0.1) is 0 Å². The van der Waals surface area contributed by atoms with Crippen molar-refractivity contribution in [2.45, 2.75) is 37.9 Å². The van der Waals surface area contributed by atoms with Gasteiger partial charge in [0.15, 0.2) is 0 Å². The van der Waals surface area contributed by atoms with Gasteiger partial charge in [-0.3, -0.25) is 4.90 Å². The molecule has 3 rings (SSSR count). The summed E-state index contributed by atoms with van der Waals surface area (Å²) in [6.45, 7) is 2.59. The molecule has 0 radical (unpaired) electrons. The van der Waals surface area contributed by atoms with Crippen LogP contribution in [0.5, 0.6) is 0 Å². The second-order valence-electron chi connectivity index (χ2n) is 5.55. The highest BCUT2D eigenvalue weighted by Crippen LogP contribution is 2.22. The van der Waals surface area contributed by atoms with Crippen molar-refractivity contribution in [1.29, 1.82) is 5.26 Å². The second kappa shape index (κ2) is 5.28. The van der Waals surface area contributed by atoms with Crippen LogP contribution in [0.2, 0.25) is 0 Å². The first-order valence-corrected chi connectivity index (χ1v) is 6.92. The Kier molecular flexibility index (Phi) is 3.50. The number of nitriles is 1. The van der Waals surface area contributed by atoms with Crippen molar-refractivity contribution >= 4 is 0 Å². The first-order chi connectivity index (χ1) is 9.26. The second-order valence-corrected chi connectivity index (χ2v) is 5.55. The minimum Gasteiger partial charge on any atom is -0.310 e. The summed E-state index contributed by atoms with van der Waals surface area (Å²) in [6.07, 6.45) is 3.63. The number of nitrogens with zero attached hydrogens (tertiary/aromatic N) is 2. The maximum Gasteiger partial charge on any atom is 0.145 e. The van der Waals surface area contributed by atoms with Crippen molar-refractivity contribution < 1.29 is 4.39 Å². The number of halogens is 1. The fourth-order valence-corrected chi connectivity index (χ4v) is 3.19. The summed E-state index contributed by atoms with van der Waals surface area (Å²) in [6, 6.07) is 8.18. The van der Waals surface area contributed by atoms with Crippen molar-refractivity contribution in [1.82, 2.24) is 10.2 Å². The summed E-state index contributed by atoms with van der Waals surface area (Å²) in [4.78, 5) is 2.30. The molecule has 4 heteroatoms. The van der Waals surface area contributed by atoms with Crippen LogP contribution in [0.3, 0.4) is 0 Å². The standard InChI is InChI=1S/C15H18FN3/c16-15-11(8-17)2-1-3-12(15)9-19-7-6-13-4-5-14(10-19)18-13/h1-3,13-14,18H,4-7,9-10H2. The lowest BCUT2D eigenvalue weighted by atomic mass is 10.1. The van der Waals surface area contributed by atoms with E-state index in [1.54, 1.807) is 12.1 Å². The highest BCUT2D eigenvalue weighted by Gasteiger charge is 2.29. The molecule has 0 aliphatic carbocycles. The Morgan fingerprint density at radius 2 is 2.16 bits per heavy atom. The molecule has 0 aromatic heterocycles. The van der Waals surface area contributed by atoms with Crippen molar-refractivity contribution in [3.05, 3.63) is 35.1 Å². The Bertz CT molecular complexity index is 509. The molecule has 1 aromatic carbocycles. The molecule has 2 fully saturated rings. The van der Waals surface area contributed by atoms with Gasteiger partial charge in [-0.25, -0.2) is 4.39 Å². The minimum atomic E-state index is -0.354. The summed E-state index contributed by atoms with van der Waals surface area (Å²) < 4.78 is 14.1. The molecular formula is C15H18FN3. The van der Waals surface area contributed by atoms with Gasteiger partial charge in [0.25, 0.3) is 0 Å². The summed E-state index contributed by atoms with van der Waals surface area (Å²) in [7, 11) is 0. The lowest BCUT2D eigenvalue weighted by molar-refractivity contribution is 0.247. The molecule has 2 aliphatic rings. The molecule has 2 atom stereocenters. The van der Waals surface area contributed by atoms with Crippen molar-refractivity contribution in [3.63, 3.8) is 0 Å². The molecule has 0 spiro atoms. The predicted molar refractivity (Wildman–Crippen MR) is 71.0 cm³/mol. The lowest BCUT2D eigenvalue weighted by Gasteiger charge is -2.24. The zero-order chi connectivity index (χ0) is 13.2. The number of hydrogen-bond donors (Lipinski definition) is 1. The van der Waals surface area contributed by atoms with Gasteiger partial charge < -0.3 is 5.32 Å². The first kappa shape index (κ1) is 12.6. The number of rotatable bonds is 2. The predicted octanol–water partition coefficient (Wildman–Crippen LogP) is 2.02. The van der Waals surface area contributed by atoms with Gasteiger partial charge in [0.05, 0.1) is 5.56 Å². The molecular weight excluding hydrogens is 241 g/mol. The summed E-state index contributed by atoms with van der Waals surface area (Å²) in [5.74, 6) is -0.354. The van der Waals surface area contributed by atoms with E-state index >= 15 is 0 Å². The maximum absolute atomic E-state index is 14.1. The Morgan fingerprint density at radius 3 is 3.00 bits per heavy atom. The molecule has 2 unspecified atom stereocenters. The van der Waals surface area contributed by atoms with Crippen LogP contribution in [-0.4, -0.2) is 30.1 Å². The van der Waals surface area contributed by atoms with Gasteiger partial charge in [0.2, 0.25) is 0 Å². The average molecular weight is 259 g/mol. The molecule has 2 saturated heterocycles. The third-order valence-corrected chi connectivity index (χ3v) is 4.20. The van der Waals surface area contributed by atoms with Crippen molar-refractivity contribution in [3.8, 4) is 6.07 Å². The van der Waals surface area contributed by atoms with E-state index in [1.165, 1.54) is 18.9 Å². The fourth-order valence-electron chi connectivity index (χ4n) is 3.19. The Balaban J connectivity index is 1.73. The first-order valence-electron chi connectivity index (χ1n) is 6.92. The zero-order valence-corrected chi connectivity index (χ0v) is 10.9. The van der Waals surface area contributed by atoms with Crippen LogP contribution in [0.4, 0.5) is 4.39 Å². The smallest absolute Gasteiger partial charge is 0.145 e. The van der Waals surface area contributed by atoms with Crippen LogP contribution in [0.25, 0.3) is 0 Å². The van der Waals surface area contributed by atoms with E-state index in [2.05, 4.69) is 10.2 Å². The molecule has 19 heavy (non-hydrogen) atoms. The van der Waals surface area contributed by atoms with Crippen LogP contribution in [0.15, 0.2) is 18.2 Å². The van der Waals surface area contributed by atoms with E-state index in [0.717, 1.165) is 19.5 Å². The largest absolute Gasteiger partial charge is 0.310 e. The summed E-state index contributed by atoms with van der Waals surface area (Å²) >= 11 is 0. The molecule has 1 aromatic rings. The van der Waals surface area contributed by atoms with Crippen LogP contribution in [0, 0.1) is 17.1 Å². The third-order valence-electron chi connectivity index (χ3n) is 4.20. The monoisotopic (exact) mass is 259 g/mol. The Hall–Kier alpha value is -1.44. The molecule has 0 amide bonds. The summed E-state index contributed by atoms with van der Waals surface area (Å²) in [5.41, 5.74) is 0.781. The minimum absolute atomic E-state index is 0.145. The van der Waals surface area contributed by atoms with Crippen LogP contribution in [-0.2, 0) is 6.54 Å². The summed E-state index contributed by atoms with van der Waals surface area (Å²) in [5, 5.41) is 12.5. The maximum atomic E-state index is 14.1. The number of benzene rings is 1. The number of hydrogen-bond acceptors (Lipinski definition) is 3. The number of likely N-dealkylation sites (tertiary alicyclic amines) is 1. The van der Waals surface area contributed by atoms with E-state index in [0.29, 0.717) is 24.2 Å². The molecule has 100 valence electrons. The molecule has 2 bridgehead atoms. The van der Waals surface area contributed by atoms with Crippen LogP contribution >= 0.6 is 0 Å². The molecule has 0 saturated carbocycles. The quantitative estimate of drug-likeness (QED) is 0.883. The third kappa shape index (κ3) is 2.63. The molecule has 2 aliphatic heterocycles. The normalized spacial score (nSPS) is 26.9. The molecule has 2 heterocycles.